The monoisotopic (exact) mass is 521 g/mol. The Morgan fingerprint density at radius 1 is 1.13 bits per heavy atom. The minimum absolute atomic E-state index is 0.187. The number of rotatable bonds is 8. The highest BCUT2D eigenvalue weighted by Crippen LogP contribution is 2.33. The molecule has 1 N–H and O–H groups in total. The quantitative estimate of drug-likeness (QED) is 0.181. The number of para-hydroxylation sites is 2. The molecule has 0 radical (unpaired) electrons. The zero-order valence-corrected chi connectivity index (χ0v) is 21.4. The smallest absolute Gasteiger partial charge is 0.259 e. The van der Waals surface area contributed by atoms with Gasteiger partial charge in [0.2, 0.25) is 0 Å². The van der Waals surface area contributed by atoms with Crippen LogP contribution in [0, 0.1) is 11.3 Å². The summed E-state index contributed by atoms with van der Waals surface area (Å²) in [5.41, 5.74) is 3.30. The Morgan fingerprint density at radius 2 is 1.92 bits per heavy atom. The van der Waals surface area contributed by atoms with E-state index in [0.717, 1.165) is 24.1 Å². The molecule has 0 saturated heterocycles. The van der Waals surface area contributed by atoms with Gasteiger partial charge in [0.25, 0.3) is 5.56 Å². The maximum Gasteiger partial charge on any atom is 0.259 e. The van der Waals surface area contributed by atoms with Crippen molar-refractivity contribution in [2.75, 3.05) is 6.61 Å². The first-order valence-corrected chi connectivity index (χ1v) is 12.6. The zero-order chi connectivity index (χ0) is 26.5. The maximum atomic E-state index is 12.6. The molecule has 0 atom stereocenters. The number of aromatic amines is 1. The molecule has 0 saturated carbocycles. The Bertz CT molecular complexity index is 1730. The van der Waals surface area contributed by atoms with Gasteiger partial charge < -0.3 is 9.72 Å². The first-order valence-electron chi connectivity index (χ1n) is 12.3. The number of hydrogen-bond acceptors (Lipinski definition) is 5. The molecule has 3 aromatic carbocycles. The molecule has 0 bridgehead atoms. The van der Waals surface area contributed by atoms with Crippen molar-refractivity contribution in [3.05, 3.63) is 106 Å². The summed E-state index contributed by atoms with van der Waals surface area (Å²) in [5.74, 6) is 0.798. The highest BCUT2D eigenvalue weighted by atomic mass is 35.5. The first kappa shape index (κ1) is 25.0. The topological polar surface area (TPSA) is 96.6 Å². The van der Waals surface area contributed by atoms with E-state index in [0.29, 0.717) is 39.5 Å². The lowest BCUT2D eigenvalue weighted by Gasteiger charge is -2.09. The van der Waals surface area contributed by atoms with E-state index in [9.17, 15) is 10.1 Å². The van der Waals surface area contributed by atoms with E-state index >= 15 is 0 Å². The Labute approximate surface area is 224 Å². The molecule has 5 rings (SSSR count). The van der Waals surface area contributed by atoms with Gasteiger partial charge in [-0.05, 0) is 55.0 Å². The molecule has 8 heteroatoms. The van der Waals surface area contributed by atoms with Crippen LogP contribution in [-0.4, -0.2) is 26.4 Å². The van der Waals surface area contributed by atoms with Crippen molar-refractivity contribution in [3.8, 4) is 28.8 Å². The minimum atomic E-state index is -0.308. The summed E-state index contributed by atoms with van der Waals surface area (Å²) in [7, 11) is 0. The van der Waals surface area contributed by atoms with E-state index in [1.807, 2.05) is 48.7 Å². The number of halogens is 1. The highest BCUT2D eigenvalue weighted by molar-refractivity contribution is 6.32. The number of aromatic nitrogens is 4. The maximum absolute atomic E-state index is 12.6. The summed E-state index contributed by atoms with van der Waals surface area (Å²) in [5, 5.41) is 15.8. The van der Waals surface area contributed by atoms with E-state index in [2.05, 4.69) is 23.0 Å². The molecule has 0 fully saturated rings. The highest BCUT2D eigenvalue weighted by Gasteiger charge is 2.16. The van der Waals surface area contributed by atoms with Gasteiger partial charge in [-0.15, -0.1) is 0 Å². The predicted octanol–water partition coefficient (Wildman–Crippen LogP) is 6.67. The van der Waals surface area contributed by atoms with Crippen molar-refractivity contribution in [1.29, 1.82) is 5.26 Å². The third kappa shape index (κ3) is 5.22. The summed E-state index contributed by atoms with van der Waals surface area (Å²) in [6, 6.07) is 24.4. The Kier molecular flexibility index (Phi) is 7.34. The molecule has 0 amide bonds. The molecule has 0 unspecified atom stereocenters. The second-order valence-electron chi connectivity index (χ2n) is 8.66. The normalized spacial score (nSPS) is 11.4. The van der Waals surface area contributed by atoms with E-state index in [4.69, 9.17) is 21.4 Å². The van der Waals surface area contributed by atoms with Gasteiger partial charge >= 0.3 is 0 Å². The van der Waals surface area contributed by atoms with Gasteiger partial charge in [0.1, 0.15) is 17.5 Å². The average Bonchev–Trinajstić information content (AvgIpc) is 3.37. The van der Waals surface area contributed by atoms with Crippen LogP contribution < -0.4 is 10.3 Å². The van der Waals surface area contributed by atoms with Gasteiger partial charge in [-0.3, -0.25) is 4.79 Å². The van der Waals surface area contributed by atoms with Crippen molar-refractivity contribution in [2.24, 2.45) is 0 Å². The molecule has 7 nitrogen and oxygen atoms in total. The van der Waals surface area contributed by atoms with Crippen molar-refractivity contribution >= 4 is 34.2 Å². The lowest BCUT2D eigenvalue weighted by molar-refractivity contribution is 0.309. The number of fused-ring (bicyclic) bond motifs is 1. The molecule has 0 aliphatic heterocycles. The van der Waals surface area contributed by atoms with Gasteiger partial charge in [0.15, 0.2) is 5.82 Å². The van der Waals surface area contributed by atoms with Crippen molar-refractivity contribution in [3.63, 3.8) is 0 Å². The average molecular weight is 522 g/mol. The van der Waals surface area contributed by atoms with Crippen LogP contribution in [0.5, 0.6) is 5.75 Å². The lowest BCUT2D eigenvalue weighted by atomic mass is 10.1. The van der Waals surface area contributed by atoms with Gasteiger partial charge in [0, 0.05) is 17.3 Å². The Balaban J connectivity index is 1.62. The number of H-pyrrole nitrogens is 1. The van der Waals surface area contributed by atoms with E-state index in [-0.39, 0.29) is 17.0 Å². The number of hydrogen-bond donors (Lipinski definition) is 1. The molecule has 0 aliphatic carbocycles. The summed E-state index contributed by atoms with van der Waals surface area (Å²) in [4.78, 5) is 19.9. The summed E-state index contributed by atoms with van der Waals surface area (Å²) >= 11 is 6.56. The molecule has 0 spiro atoms. The number of nitrogens with one attached hydrogen (secondary N) is 1. The van der Waals surface area contributed by atoms with E-state index in [1.54, 1.807) is 41.1 Å². The van der Waals surface area contributed by atoms with Crippen LogP contribution in [0.25, 0.3) is 39.5 Å². The van der Waals surface area contributed by atoms with E-state index < -0.39 is 0 Å². The fourth-order valence-corrected chi connectivity index (χ4v) is 4.28. The van der Waals surface area contributed by atoms with Crippen molar-refractivity contribution in [1.82, 2.24) is 19.7 Å². The van der Waals surface area contributed by atoms with Crippen LogP contribution >= 0.6 is 11.6 Å². The predicted molar refractivity (Wildman–Crippen MR) is 150 cm³/mol. The van der Waals surface area contributed by atoms with Crippen LogP contribution in [0.1, 0.15) is 31.2 Å². The number of allylic oxidation sites excluding steroid dienone is 1. The number of nitrogens with zero attached hydrogens (tertiary/aromatic N) is 4. The second kappa shape index (κ2) is 11.2. The number of benzene rings is 3. The first-order chi connectivity index (χ1) is 18.6. The Hall–Kier alpha value is -4.67. The standard InChI is InChI=1S/C30H24ClN5O2/c1-2-3-15-38-27-14-13-20(17-25(27)31)28-22(19-36(35-28)23-9-5-4-6-10-23)16-21(18-32)29-33-26-12-8-7-11-24(26)30(37)34-29/h4-14,16-17,19H,2-3,15H2,1H3,(H,33,34,37)/b21-16-. The molecular formula is C30H24ClN5O2. The summed E-state index contributed by atoms with van der Waals surface area (Å²) in [6.07, 6.45) is 5.48. The van der Waals surface area contributed by atoms with Crippen LogP contribution in [0.4, 0.5) is 0 Å². The van der Waals surface area contributed by atoms with E-state index in [1.165, 1.54) is 0 Å². The van der Waals surface area contributed by atoms with Crippen molar-refractivity contribution < 1.29 is 4.74 Å². The third-order valence-corrected chi connectivity index (χ3v) is 6.31. The molecule has 2 aromatic heterocycles. The molecule has 0 aliphatic rings. The second-order valence-corrected chi connectivity index (χ2v) is 9.07. The molecule has 5 aromatic rings. The van der Waals surface area contributed by atoms with Gasteiger partial charge in [-0.1, -0.05) is 55.3 Å². The summed E-state index contributed by atoms with van der Waals surface area (Å²) in [6.45, 7) is 2.69. The van der Waals surface area contributed by atoms with Gasteiger partial charge in [-0.25, -0.2) is 9.67 Å². The molecule has 188 valence electrons. The van der Waals surface area contributed by atoms with Crippen LogP contribution in [0.15, 0.2) is 83.8 Å². The zero-order valence-electron chi connectivity index (χ0n) is 20.7. The fourth-order valence-electron chi connectivity index (χ4n) is 4.04. The summed E-state index contributed by atoms with van der Waals surface area (Å²) < 4.78 is 7.55. The molecular weight excluding hydrogens is 498 g/mol. The molecule has 2 heterocycles. The largest absolute Gasteiger partial charge is 0.492 e. The number of unbranched alkanes of at least 4 members (excludes halogenated alkanes) is 1. The number of ether oxygens (including phenoxy) is 1. The minimum Gasteiger partial charge on any atom is -0.492 e. The lowest BCUT2D eigenvalue weighted by Crippen LogP contribution is -2.11. The van der Waals surface area contributed by atoms with Crippen molar-refractivity contribution in [2.45, 2.75) is 19.8 Å². The SMILES string of the molecule is CCCCOc1ccc(-c2nn(-c3ccccc3)cc2/C=C(/C#N)c2nc3ccccc3c(=O)[nH]2)cc1Cl. The fraction of sp³-hybridized carbons (Fsp3) is 0.133. The number of nitriles is 1. The van der Waals surface area contributed by atoms with Crippen LogP contribution in [0.3, 0.4) is 0 Å². The van der Waals surface area contributed by atoms with Crippen LogP contribution in [0.2, 0.25) is 5.02 Å². The van der Waals surface area contributed by atoms with Gasteiger partial charge in [-0.2, -0.15) is 10.4 Å². The Morgan fingerprint density at radius 3 is 2.68 bits per heavy atom. The third-order valence-electron chi connectivity index (χ3n) is 6.01. The van der Waals surface area contributed by atoms with Gasteiger partial charge in [0.05, 0.1) is 33.8 Å². The van der Waals surface area contributed by atoms with Crippen LogP contribution in [-0.2, 0) is 0 Å². The molecule has 38 heavy (non-hydrogen) atoms.